The lowest BCUT2D eigenvalue weighted by Crippen LogP contribution is -2.00. The van der Waals surface area contributed by atoms with Gasteiger partial charge in [0.2, 0.25) is 0 Å². The predicted octanol–water partition coefficient (Wildman–Crippen LogP) is 11.3. The third-order valence-electron chi connectivity index (χ3n) is 7.54. The summed E-state index contributed by atoms with van der Waals surface area (Å²) in [7, 11) is 0. The van der Waals surface area contributed by atoms with Gasteiger partial charge in [0.05, 0.1) is 21.9 Å². The topological polar surface area (TPSA) is 51.8 Å². The van der Waals surface area contributed by atoms with E-state index in [1.165, 1.54) is 0 Å². The van der Waals surface area contributed by atoms with Crippen molar-refractivity contribution >= 4 is 32.7 Å². The smallest absolute Gasteiger partial charge is 0.164 e. The number of para-hydroxylation sites is 1. The second-order valence-corrected chi connectivity index (χ2v) is 10.4. The van der Waals surface area contributed by atoms with Gasteiger partial charge in [-0.15, -0.1) is 0 Å². The highest BCUT2D eigenvalue weighted by atomic mass is 16.3. The van der Waals surface area contributed by atoms with Gasteiger partial charge >= 0.3 is 0 Å². The van der Waals surface area contributed by atoms with Crippen LogP contribution in [0.3, 0.4) is 0 Å². The summed E-state index contributed by atoms with van der Waals surface area (Å²) in [6.07, 6.45) is 0. The number of aromatic nitrogens is 3. The molecule has 0 bridgehead atoms. The van der Waals surface area contributed by atoms with Crippen LogP contribution in [0.4, 0.5) is 0 Å². The number of hydrogen-bond acceptors (Lipinski definition) is 4. The molecule has 9 rings (SSSR count). The third kappa shape index (κ3) is 4.93. The van der Waals surface area contributed by atoms with Crippen molar-refractivity contribution in [1.82, 2.24) is 15.0 Å². The van der Waals surface area contributed by atoms with Crippen molar-refractivity contribution < 1.29 is 26.3 Å². The van der Waals surface area contributed by atoms with Gasteiger partial charge in [-0.05, 0) is 63.3 Å². The first kappa shape index (κ1) is 15.3. The summed E-state index contributed by atoms with van der Waals surface area (Å²) < 4.78 is 145. The van der Waals surface area contributed by atoms with E-state index in [4.69, 9.17) is 23.6 Å². The lowest BCUT2D eigenvalue weighted by molar-refractivity contribution is 0.669. The monoisotopic (exact) mass is 617 g/mol. The van der Waals surface area contributed by atoms with Crippen LogP contribution in [0.25, 0.3) is 89.1 Å². The summed E-state index contributed by atoms with van der Waals surface area (Å²) in [6.45, 7) is 0. The van der Waals surface area contributed by atoms with Gasteiger partial charge in [0.15, 0.2) is 17.5 Å². The van der Waals surface area contributed by atoms with Crippen LogP contribution in [-0.2, 0) is 0 Å². The Kier molecular flexibility index (Phi) is 3.64. The molecule has 0 aliphatic carbocycles. The number of benzene rings is 7. The minimum absolute atomic E-state index is 0.122. The highest BCUT2D eigenvalue weighted by molar-refractivity contribution is 6.12. The molecule has 0 spiro atoms. The standard InChI is InChI=1S/C43H27N3O/c1-3-11-28(12-4-1)30-21-22-32-26-35(24-23-31(32)25-30)43-45-41(29-13-5-2-6-14-29)44-42(46-43)34-16-9-15-33(27-34)36-18-10-20-39-40(36)37-17-7-8-19-38(37)47-39/h1-27H/i1D,2D,3D,4D,5D,6D,11D,12D,13D,14D,21D,22D,23D,24D,25D,26D. The Morgan fingerprint density at radius 1 is 0.447 bits per heavy atom. The SMILES string of the molecule is [2H]c1c([2H])c([2H])c(-c2nc(-c3cccc(-c4cccc5oc6ccccc6c45)c3)nc(-c3c([2H])c([2H])c4c([2H])c(-c5c([2H])c([2H])c([2H])c([2H])c5[2H])c([2H])c([2H])c4c3[2H])n2)c([2H])c1[2H]. The van der Waals surface area contributed by atoms with E-state index in [1.54, 1.807) is 18.2 Å². The lowest BCUT2D eigenvalue weighted by Gasteiger charge is -2.11. The Labute approximate surface area is 294 Å². The quantitative estimate of drug-likeness (QED) is 0.193. The van der Waals surface area contributed by atoms with E-state index in [9.17, 15) is 2.74 Å². The molecule has 0 N–H and O–H groups in total. The van der Waals surface area contributed by atoms with Crippen molar-refractivity contribution in [2.75, 3.05) is 0 Å². The van der Waals surface area contributed by atoms with E-state index in [1.807, 2.05) is 48.5 Å². The number of furan rings is 1. The van der Waals surface area contributed by atoms with Crippen LogP contribution >= 0.6 is 0 Å². The molecular formula is C43H27N3O. The first-order valence-electron chi connectivity index (χ1n) is 22.4. The van der Waals surface area contributed by atoms with E-state index >= 15 is 0 Å². The zero-order valence-corrected chi connectivity index (χ0v) is 24.1. The zero-order valence-electron chi connectivity index (χ0n) is 40.1. The Bertz CT molecular complexity index is 3440. The van der Waals surface area contributed by atoms with Crippen LogP contribution in [0.5, 0.6) is 0 Å². The van der Waals surface area contributed by atoms with E-state index in [0.717, 1.165) is 16.3 Å². The van der Waals surface area contributed by atoms with E-state index in [-0.39, 0.29) is 5.82 Å². The summed E-state index contributed by atoms with van der Waals surface area (Å²) in [5.74, 6) is -1.02. The summed E-state index contributed by atoms with van der Waals surface area (Å²) >= 11 is 0. The molecule has 47 heavy (non-hydrogen) atoms. The third-order valence-corrected chi connectivity index (χ3v) is 7.54. The minimum atomic E-state index is -0.781. The molecule has 0 saturated carbocycles. The van der Waals surface area contributed by atoms with Crippen molar-refractivity contribution in [2.45, 2.75) is 0 Å². The van der Waals surface area contributed by atoms with Gasteiger partial charge in [0.25, 0.3) is 0 Å². The number of fused-ring (bicyclic) bond motifs is 4. The molecule has 0 amide bonds. The van der Waals surface area contributed by atoms with Crippen LogP contribution in [0.15, 0.2) is 168 Å². The average Bonchev–Trinajstić information content (AvgIpc) is 3.67. The normalized spacial score (nSPS) is 16.2. The maximum atomic E-state index is 9.39. The average molecular weight is 618 g/mol. The fraction of sp³-hybridized carbons (Fsp3) is 0. The van der Waals surface area contributed by atoms with Crippen LogP contribution < -0.4 is 0 Å². The van der Waals surface area contributed by atoms with Crippen LogP contribution in [0, 0.1) is 0 Å². The van der Waals surface area contributed by atoms with Crippen molar-refractivity contribution in [3.8, 4) is 56.4 Å². The molecular weight excluding hydrogens is 574 g/mol. The van der Waals surface area contributed by atoms with Gasteiger partial charge in [-0.1, -0.05) is 133 Å². The molecule has 0 atom stereocenters. The van der Waals surface area contributed by atoms with Gasteiger partial charge in [0.1, 0.15) is 11.2 Å². The molecule has 220 valence electrons. The largest absolute Gasteiger partial charge is 0.456 e. The van der Waals surface area contributed by atoms with Crippen LogP contribution in [0.1, 0.15) is 21.9 Å². The molecule has 0 radical (unpaired) electrons. The van der Waals surface area contributed by atoms with Crippen molar-refractivity contribution in [2.24, 2.45) is 0 Å². The molecule has 0 aliphatic heterocycles. The number of rotatable bonds is 5. The molecule has 2 aromatic heterocycles. The highest BCUT2D eigenvalue weighted by Crippen LogP contribution is 2.38. The Morgan fingerprint density at radius 3 is 1.83 bits per heavy atom. The summed E-state index contributed by atoms with van der Waals surface area (Å²) in [6, 6.07) is 8.66. The van der Waals surface area contributed by atoms with E-state index < -0.39 is 141 Å². The first-order chi connectivity index (χ1) is 29.9. The van der Waals surface area contributed by atoms with Gasteiger partial charge in [-0.3, -0.25) is 0 Å². The van der Waals surface area contributed by atoms with Gasteiger partial charge < -0.3 is 4.42 Å². The summed E-state index contributed by atoms with van der Waals surface area (Å²) in [5, 5.41) is 0.756. The molecule has 9 aromatic rings. The Morgan fingerprint density at radius 2 is 1.04 bits per heavy atom. The fourth-order valence-corrected chi connectivity index (χ4v) is 5.42. The van der Waals surface area contributed by atoms with Gasteiger partial charge in [-0.25, -0.2) is 15.0 Å². The maximum absolute atomic E-state index is 9.39. The molecule has 0 aliphatic rings. The first-order valence-corrected chi connectivity index (χ1v) is 14.4. The summed E-state index contributed by atoms with van der Waals surface area (Å²) in [5.41, 5.74) is 1.12. The molecule has 0 saturated heterocycles. The zero-order chi connectivity index (χ0) is 45.1. The molecule has 0 unspecified atom stereocenters. The Hall–Kier alpha value is -6.39. The van der Waals surface area contributed by atoms with Crippen LogP contribution in [-0.4, -0.2) is 15.0 Å². The van der Waals surface area contributed by atoms with Crippen LogP contribution in [0.2, 0.25) is 0 Å². The lowest BCUT2D eigenvalue weighted by atomic mass is 9.97. The number of hydrogen-bond donors (Lipinski definition) is 0. The van der Waals surface area contributed by atoms with Gasteiger partial charge in [-0.2, -0.15) is 0 Å². The van der Waals surface area contributed by atoms with Crippen molar-refractivity contribution in [1.29, 1.82) is 0 Å². The maximum Gasteiger partial charge on any atom is 0.164 e. The van der Waals surface area contributed by atoms with Crippen molar-refractivity contribution in [3.05, 3.63) is 163 Å². The fourth-order valence-electron chi connectivity index (χ4n) is 5.42. The molecule has 7 aromatic carbocycles. The highest BCUT2D eigenvalue weighted by Gasteiger charge is 2.16. The molecule has 4 nitrogen and oxygen atoms in total. The molecule has 4 heteroatoms. The molecule has 0 fully saturated rings. The van der Waals surface area contributed by atoms with Gasteiger partial charge in [0, 0.05) is 27.5 Å². The molecule has 2 heterocycles. The minimum Gasteiger partial charge on any atom is -0.456 e. The van der Waals surface area contributed by atoms with Crippen molar-refractivity contribution in [3.63, 3.8) is 0 Å². The second-order valence-electron chi connectivity index (χ2n) is 10.4. The second kappa shape index (κ2) is 11.2. The number of nitrogens with zero attached hydrogens (tertiary/aromatic N) is 3. The van der Waals surface area contributed by atoms with E-state index in [2.05, 4.69) is 15.0 Å². The van der Waals surface area contributed by atoms with E-state index in [0.29, 0.717) is 22.3 Å². The summed E-state index contributed by atoms with van der Waals surface area (Å²) in [4.78, 5) is 13.7. The predicted molar refractivity (Wildman–Crippen MR) is 192 cm³/mol. The Balaban J connectivity index is 1.33.